The Balaban J connectivity index is 1.77. The van der Waals surface area contributed by atoms with Gasteiger partial charge in [0.15, 0.2) is 0 Å². The molecule has 8 heteroatoms. The molecule has 27 heavy (non-hydrogen) atoms. The number of benzene rings is 1. The number of fused-ring (bicyclic) bond motifs is 1. The molecule has 1 amide bonds. The summed E-state index contributed by atoms with van der Waals surface area (Å²) in [6.45, 7) is 7.10. The van der Waals surface area contributed by atoms with Crippen LogP contribution in [0.5, 0.6) is 0 Å². The molecular weight excluding hydrogens is 350 g/mol. The normalized spacial score (nSPS) is 17.3. The van der Waals surface area contributed by atoms with Crippen molar-refractivity contribution < 1.29 is 19.1 Å². The Morgan fingerprint density at radius 2 is 2.04 bits per heavy atom. The molecule has 0 radical (unpaired) electrons. The van der Waals surface area contributed by atoms with Crippen molar-refractivity contribution in [1.82, 2.24) is 14.5 Å². The molecule has 8 nitrogen and oxygen atoms in total. The molecule has 1 aromatic heterocycles. The molecular formula is C19H25N3O5. The van der Waals surface area contributed by atoms with Crippen molar-refractivity contribution in [3.8, 4) is 0 Å². The first-order valence-electron chi connectivity index (χ1n) is 8.97. The second-order valence-electron chi connectivity index (χ2n) is 7.85. The molecule has 2 aromatic rings. The Morgan fingerprint density at radius 3 is 2.70 bits per heavy atom. The summed E-state index contributed by atoms with van der Waals surface area (Å²) in [4.78, 5) is 40.8. The number of nitrogens with one attached hydrogen (secondary N) is 1. The van der Waals surface area contributed by atoms with Gasteiger partial charge in [-0.15, -0.1) is 0 Å². The number of hydrogen-bond donors (Lipinski definition) is 1. The van der Waals surface area contributed by atoms with E-state index >= 15 is 0 Å². The third-order valence-electron chi connectivity index (χ3n) is 4.57. The molecule has 0 aliphatic carbocycles. The summed E-state index contributed by atoms with van der Waals surface area (Å²) >= 11 is 0. The van der Waals surface area contributed by atoms with E-state index in [4.69, 9.17) is 9.47 Å². The van der Waals surface area contributed by atoms with Gasteiger partial charge in [0, 0.05) is 19.6 Å². The zero-order chi connectivity index (χ0) is 19.8. The van der Waals surface area contributed by atoms with Gasteiger partial charge in [0.1, 0.15) is 5.60 Å². The number of aromatic amines is 1. The fourth-order valence-electron chi connectivity index (χ4n) is 3.31. The van der Waals surface area contributed by atoms with Crippen LogP contribution in [0.4, 0.5) is 4.79 Å². The number of ether oxygens (including phenoxy) is 2. The van der Waals surface area contributed by atoms with Crippen LogP contribution in [0.25, 0.3) is 11.0 Å². The van der Waals surface area contributed by atoms with Crippen LogP contribution in [0, 0.1) is 5.92 Å². The lowest BCUT2D eigenvalue weighted by Crippen LogP contribution is -2.35. The van der Waals surface area contributed by atoms with Crippen LogP contribution in [-0.4, -0.2) is 52.3 Å². The number of carbonyl (C=O) groups excluding carboxylic acids is 2. The Labute approximate surface area is 157 Å². The van der Waals surface area contributed by atoms with Gasteiger partial charge in [0.25, 0.3) is 0 Å². The minimum Gasteiger partial charge on any atom is -0.465 e. The first-order valence-corrected chi connectivity index (χ1v) is 8.97. The minimum absolute atomic E-state index is 0.135. The summed E-state index contributed by atoms with van der Waals surface area (Å²) < 4.78 is 11.8. The van der Waals surface area contributed by atoms with Crippen molar-refractivity contribution in [3.63, 3.8) is 0 Å². The highest BCUT2D eigenvalue weighted by Gasteiger charge is 2.30. The van der Waals surface area contributed by atoms with Crippen LogP contribution in [0.2, 0.25) is 0 Å². The first-order chi connectivity index (χ1) is 12.7. The van der Waals surface area contributed by atoms with E-state index in [1.165, 1.54) is 7.11 Å². The van der Waals surface area contributed by atoms with Gasteiger partial charge < -0.3 is 19.4 Å². The standard InChI is InChI=1S/C19H25N3O5/c1-19(2,3)27-18(25)21-8-7-12(10-21)11-22-15-9-13(16(23)26-4)5-6-14(15)20-17(22)24/h5-6,9,12H,7-8,10-11H2,1-4H3,(H,20,24). The van der Waals surface area contributed by atoms with E-state index in [-0.39, 0.29) is 17.7 Å². The molecule has 1 aliphatic rings. The smallest absolute Gasteiger partial charge is 0.410 e. The van der Waals surface area contributed by atoms with Gasteiger partial charge in [-0.05, 0) is 51.3 Å². The molecule has 0 spiro atoms. The van der Waals surface area contributed by atoms with E-state index in [1.54, 1.807) is 27.7 Å². The van der Waals surface area contributed by atoms with Crippen molar-refractivity contribution in [2.75, 3.05) is 20.2 Å². The second kappa shape index (κ2) is 7.09. The number of amides is 1. The van der Waals surface area contributed by atoms with E-state index in [0.717, 1.165) is 6.42 Å². The predicted molar refractivity (Wildman–Crippen MR) is 99.8 cm³/mol. The molecule has 1 aromatic carbocycles. The molecule has 1 N–H and O–H groups in total. The molecule has 0 saturated carbocycles. The van der Waals surface area contributed by atoms with E-state index in [9.17, 15) is 14.4 Å². The third-order valence-corrected chi connectivity index (χ3v) is 4.57. The fourth-order valence-corrected chi connectivity index (χ4v) is 3.31. The lowest BCUT2D eigenvalue weighted by Gasteiger charge is -2.24. The SMILES string of the molecule is COC(=O)c1ccc2[nH]c(=O)n(CC3CCN(C(=O)OC(C)(C)C)C3)c2c1. The molecule has 1 fully saturated rings. The Bertz CT molecular complexity index is 922. The van der Waals surface area contributed by atoms with Crippen molar-refractivity contribution in [2.45, 2.75) is 39.3 Å². The number of esters is 1. The number of likely N-dealkylation sites (tertiary alicyclic amines) is 1. The summed E-state index contributed by atoms with van der Waals surface area (Å²) in [6, 6.07) is 4.97. The highest BCUT2D eigenvalue weighted by molar-refractivity contribution is 5.93. The van der Waals surface area contributed by atoms with Gasteiger partial charge in [0.2, 0.25) is 0 Å². The molecule has 2 heterocycles. The summed E-state index contributed by atoms with van der Waals surface area (Å²) in [5.41, 5.74) is 0.934. The number of methoxy groups -OCH3 is 1. The molecule has 0 bridgehead atoms. The Kier molecular flexibility index (Phi) is 4.99. The highest BCUT2D eigenvalue weighted by atomic mass is 16.6. The van der Waals surface area contributed by atoms with Gasteiger partial charge in [-0.1, -0.05) is 0 Å². The van der Waals surface area contributed by atoms with Crippen molar-refractivity contribution in [2.24, 2.45) is 5.92 Å². The Morgan fingerprint density at radius 1 is 1.30 bits per heavy atom. The summed E-state index contributed by atoms with van der Waals surface area (Å²) in [7, 11) is 1.32. The average molecular weight is 375 g/mol. The first kappa shape index (κ1) is 19.0. The van der Waals surface area contributed by atoms with Crippen LogP contribution in [0.15, 0.2) is 23.0 Å². The monoisotopic (exact) mass is 375 g/mol. The van der Waals surface area contributed by atoms with E-state index in [2.05, 4.69) is 4.98 Å². The highest BCUT2D eigenvalue weighted by Crippen LogP contribution is 2.22. The van der Waals surface area contributed by atoms with Gasteiger partial charge in [-0.25, -0.2) is 14.4 Å². The quantitative estimate of drug-likeness (QED) is 0.832. The topological polar surface area (TPSA) is 93.6 Å². The Hall–Kier alpha value is -2.77. The van der Waals surface area contributed by atoms with Gasteiger partial charge in [-0.3, -0.25) is 4.57 Å². The van der Waals surface area contributed by atoms with Gasteiger partial charge in [-0.2, -0.15) is 0 Å². The largest absolute Gasteiger partial charge is 0.465 e. The maximum Gasteiger partial charge on any atom is 0.410 e. The van der Waals surface area contributed by atoms with Crippen LogP contribution in [0.1, 0.15) is 37.6 Å². The molecule has 1 aliphatic heterocycles. The van der Waals surface area contributed by atoms with Crippen molar-refractivity contribution in [1.29, 1.82) is 0 Å². The number of carbonyl (C=O) groups is 2. The fraction of sp³-hybridized carbons (Fsp3) is 0.526. The zero-order valence-electron chi connectivity index (χ0n) is 16.1. The average Bonchev–Trinajstić information content (AvgIpc) is 3.18. The van der Waals surface area contributed by atoms with Gasteiger partial charge in [0.05, 0.1) is 23.7 Å². The number of H-pyrrole nitrogens is 1. The summed E-state index contributed by atoms with van der Waals surface area (Å²) in [6.07, 6.45) is 0.457. The van der Waals surface area contributed by atoms with E-state index in [1.807, 2.05) is 20.8 Å². The minimum atomic E-state index is -0.534. The number of aromatic nitrogens is 2. The summed E-state index contributed by atoms with van der Waals surface area (Å²) in [5, 5.41) is 0. The maximum atomic E-state index is 12.4. The lowest BCUT2D eigenvalue weighted by molar-refractivity contribution is 0.0287. The number of nitrogens with zero attached hydrogens (tertiary/aromatic N) is 2. The summed E-state index contributed by atoms with van der Waals surface area (Å²) in [5.74, 6) is -0.315. The third kappa shape index (κ3) is 4.15. The predicted octanol–water partition coefficient (Wildman–Crippen LogP) is 2.37. The van der Waals surface area contributed by atoms with E-state index in [0.29, 0.717) is 36.2 Å². The van der Waals surface area contributed by atoms with Crippen molar-refractivity contribution >= 4 is 23.1 Å². The number of imidazole rings is 1. The van der Waals surface area contributed by atoms with Crippen LogP contribution < -0.4 is 5.69 Å². The van der Waals surface area contributed by atoms with E-state index < -0.39 is 11.6 Å². The maximum absolute atomic E-state index is 12.4. The lowest BCUT2D eigenvalue weighted by atomic mass is 10.1. The van der Waals surface area contributed by atoms with Gasteiger partial charge >= 0.3 is 17.8 Å². The second-order valence-corrected chi connectivity index (χ2v) is 7.85. The molecule has 1 unspecified atom stereocenters. The number of hydrogen-bond acceptors (Lipinski definition) is 5. The molecule has 1 atom stereocenters. The number of rotatable bonds is 3. The molecule has 3 rings (SSSR count). The van der Waals surface area contributed by atoms with Crippen LogP contribution in [-0.2, 0) is 16.0 Å². The molecule has 146 valence electrons. The zero-order valence-corrected chi connectivity index (χ0v) is 16.1. The van der Waals surface area contributed by atoms with Crippen molar-refractivity contribution in [3.05, 3.63) is 34.2 Å². The van der Waals surface area contributed by atoms with Crippen LogP contribution >= 0.6 is 0 Å². The molecule has 1 saturated heterocycles. The van der Waals surface area contributed by atoms with Crippen LogP contribution in [0.3, 0.4) is 0 Å².